The summed E-state index contributed by atoms with van der Waals surface area (Å²) in [5.74, 6) is 0.561. The SMILES string of the molecule is CNCC(=O)N[C@@H]1C[C@@H](Oc2cccc(F)c2)[C@H](O)[C@H]1N1CCC(C(C)(C)C)CC1. The first-order chi connectivity index (χ1) is 14.2. The van der Waals surface area contributed by atoms with E-state index in [0.29, 0.717) is 18.1 Å². The topological polar surface area (TPSA) is 73.8 Å². The maximum Gasteiger partial charge on any atom is 0.234 e. The van der Waals surface area contributed by atoms with Crippen LogP contribution in [-0.2, 0) is 4.79 Å². The van der Waals surface area contributed by atoms with Crippen LogP contribution >= 0.6 is 0 Å². The first-order valence-electron chi connectivity index (χ1n) is 11.0. The van der Waals surface area contributed by atoms with Crippen molar-refractivity contribution in [1.82, 2.24) is 15.5 Å². The Morgan fingerprint density at radius 2 is 2.00 bits per heavy atom. The van der Waals surface area contributed by atoms with E-state index in [1.807, 2.05) is 0 Å². The standard InChI is InChI=1S/C23H36FN3O3/c1-23(2,3)15-8-10-27(11-9-15)21-18(26-20(28)14-25-4)13-19(22(21)29)30-17-7-5-6-16(24)12-17/h5-7,12,15,18-19,21-22,25,29H,8-11,13-14H2,1-4H3,(H,26,28)/t18-,19-,21+,22+/m1/s1. The van der Waals surface area contributed by atoms with Crippen LogP contribution in [0.5, 0.6) is 5.75 Å². The molecule has 30 heavy (non-hydrogen) atoms. The Bertz CT molecular complexity index is 716. The molecule has 1 heterocycles. The number of aliphatic hydroxyl groups excluding tert-OH is 1. The van der Waals surface area contributed by atoms with Gasteiger partial charge in [0.15, 0.2) is 0 Å². The second-order valence-corrected chi connectivity index (χ2v) is 9.71. The van der Waals surface area contributed by atoms with Gasteiger partial charge in [0.05, 0.1) is 18.6 Å². The maximum atomic E-state index is 13.6. The highest BCUT2D eigenvalue weighted by atomic mass is 19.1. The summed E-state index contributed by atoms with van der Waals surface area (Å²) in [7, 11) is 1.73. The summed E-state index contributed by atoms with van der Waals surface area (Å²) in [6, 6.07) is 5.53. The van der Waals surface area contributed by atoms with Gasteiger partial charge in [0, 0.05) is 12.5 Å². The largest absolute Gasteiger partial charge is 0.487 e. The predicted octanol–water partition coefficient (Wildman–Crippen LogP) is 2.17. The van der Waals surface area contributed by atoms with Crippen molar-refractivity contribution in [2.24, 2.45) is 11.3 Å². The summed E-state index contributed by atoms with van der Waals surface area (Å²) in [6.07, 6.45) is 1.35. The second kappa shape index (κ2) is 9.62. The lowest BCUT2D eigenvalue weighted by Gasteiger charge is -2.43. The van der Waals surface area contributed by atoms with Crippen LogP contribution in [0.25, 0.3) is 0 Å². The highest BCUT2D eigenvalue weighted by molar-refractivity contribution is 5.78. The number of likely N-dealkylation sites (tertiary alicyclic amines) is 1. The van der Waals surface area contributed by atoms with Crippen LogP contribution < -0.4 is 15.4 Å². The molecule has 2 aliphatic rings. The molecule has 1 saturated carbocycles. The summed E-state index contributed by atoms with van der Waals surface area (Å²) in [5, 5.41) is 17.1. The molecular formula is C23H36FN3O3. The van der Waals surface area contributed by atoms with Gasteiger partial charge in [-0.05, 0) is 56.4 Å². The third-order valence-electron chi connectivity index (χ3n) is 6.57. The Hall–Kier alpha value is -1.70. The molecule has 0 spiro atoms. The number of amides is 1. The Morgan fingerprint density at radius 3 is 2.60 bits per heavy atom. The summed E-state index contributed by atoms with van der Waals surface area (Å²) in [6.45, 7) is 8.83. The molecule has 6 nitrogen and oxygen atoms in total. The number of rotatable bonds is 6. The molecule has 3 rings (SSSR count). The third kappa shape index (κ3) is 5.50. The summed E-state index contributed by atoms with van der Waals surface area (Å²) in [5.41, 5.74) is 0.268. The monoisotopic (exact) mass is 421 g/mol. The first kappa shape index (κ1) is 23.0. The number of nitrogens with zero attached hydrogens (tertiary/aromatic N) is 1. The molecule has 168 valence electrons. The number of nitrogens with one attached hydrogen (secondary N) is 2. The molecule has 1 aromatic rings. The minimum Gasteiger partial charge on any atom is -0.487 e. The third-order valence-corrected chi connectivity index (χ3v) is 6.57. The van der Waals surface area contributed by atoms with E-state index in [4.69, 9.17) is 4.74 Å². The van der Waals surface area contributed by atoms with E-state index in [0.717, 1.165) is 25.9 Å². The number of aliphatic hydroxyl groups is 1. The molecule has 0 aromatic heterocycles. The Kier molecular flexibility index (Phi) is 7.37. The van der Waals surface area contributed by atoms with Gasteiger partial charge in [0.25, 0.3) is 0 Å². The normalized spacial score (nSPS) is 28.5. The van der Waals surface area contributed by atoms with Crippen LogP contribution in [0.3, 0.4) is 0 Å². The Morgan fingerprint density at radius 1 is 1.30 bits per heavy atom. The maximum absolute atomic E-state index is 13.6. The molecule has 7 heteroatoms. The number of hydrogen-bond donors (Lipinski definition) is 3. The van der Waals surface area contributed by atoms with Crippen molar-refractivity contribution in [2.45, 2.75) is 64.3 Å². The second-order valence-electron chi connectivity index (χ2n) is 9.71. The minimum absolute atomic E-state index is 0.101. The van der Waals surface area contributed by atoms with Crippen molar-refractivity contribution >= 4 is 5.91 Å². The lowest BCUT2D eigenvalue weighted by Crippen LogP contribution is -2.56. The fourth-order valence-electron chi connectivity index (χ4n) is 4.92. The van der Waals surface area contributed by atoms with E-state index in [1.54, 1.807) is 19.2 Å². The fourth-order valence-corrected chi connectivity index (χ4v) is 4.92. The smallest absolute Gasteiger partial charge is 0.234 e. The number of carbonyl (C=O) groups is 1. The molecule has 0 unspecified atom stereocenters. The van der Waals surface area contributed by atoms with Crippen molar-refractivity contribution in [1.29, 1.82) is 0 Å². The highest BCUT2D eigenvalue weighted by Crippen LogP contribution is 2.37. The van der Waals surface area contributed by atoms with Crippen LogP contribution in [0, 0.1) is 17.2 Å². The number of piperidine rings is 1. The number of ether oxygens (including phenoxy) is 1. The van der Waals surface area contributed by atoms with Crippen LogP contribution in [0.15, 0.2) is 24.3 Å². The van der Waals surface area contributed by atoms with Crippen molar-refractivity contribution in [3.05, 3.63) is 30.1 Å². The molecule has 2 fully saturated rings. The van der Waals surface area contributed by atoms with E-state index in [2.05, 4.69) is 36.3 Å². The van der Waals surface area contributed by atoms with Gasteiger partial charge in [-0.2, -0.15) is 0 Å². The fraction of sp³-hybridized carbons (Fsp3) is 0.696. The number of halogens is 1. The average Bonchev–Trinajstić information content (AvgIpc) is 2.96. The van der Waals surface area contributed by atoms with Crippen molar-refractivity contribution in [3.63, 3.8) is 0 Å². The van der Waals surface area contributed by atoms with Gasteiger partial charge in [-0.3, -0.25) is 9.69 Å². The van der Waals surface area contributed by atoms with E-state index in [-0.39, 0.29) is 35.8 Å². The van der Waals surface area contributed by atoms with E-state index in [9.17, 15) is 14.3 Å². The molecule has 1 amide bonds. The molecular weight excluding hydrogens is 385 g/mol. The summed E-state index contributed by atoms with van der Waals surface area (Å²) in [4.78, 5) is 14.6. The molecule has 1 aromatic carbocycles. The number of benzene rings is 1. The zero-order valence-electron chi connectivity index (χ0n) is 18.5. The molecule has 0 radical (unpaired) electrons. The molecule has 3 N–H and O–H groups in total. The van der Waals surface area contributed by atoms with Crippen molar-refractivity contribution < 1.29 is 19.0 Å². The van der Waals surface area contributed by atoms with E-state index < -0.39 is 12.2 Å². The van der Waals surface area contributed by atoms with Gasteiger partial charge in [0.2, 0.25) is 5.91 Å². The highest BCUT2D eigenvalue weighted by Gasteiger charge is 2.48. The Balaban J connectivity index is 1.73. The summed E-state index contributed by atoms with van der Waals surface area (Å²) < 4.78 is 19.5. The van der Waals surface area contributed by atoms with Crippen LogP contribution in [0.4, 0.5) is 4.39 Å². The number of carbonyl (C=O) groups excluding carboxylic acids is 1. The van der Waals surface area contributed by atoms with Crippen LogP contribution in [-0.4, -0.2) is 66.9 Å². The van der Waals surface area contributed by atoms with Gasteiger partial charge in [-0.25, -0.2) is 4.39 Å². The molecule has 1 saturated heterocycles. The molecule has 0 bridgehead atoms. The quantitative estimate of drug-likeness (QED) is 0.657. The minimum atomic E-state index is -0.765. The number of likely N-dealkylation sites (N-methyl/N-ethyl adjacent to an activating group) is 1. The Labute approximate surface area is 179 Å². The van der Waals surface area contributed by atoms with E-state index in [1.165, 1.54) is 12.1 Å². The van der Waals surface area contributed by atoms with Gasteiger partial charge >= 0.3 is 0 Å². The molecule has 1 aliphatic carbocycles. The van der Waals surface area contributed by atoms with Crippen LogP contribution in [0.1, 0.15) is 40.0 Å². The van der Waals surface area contributed by atoms with Crippen LogP contribution in [0.2, 0.25) is 0 Å². The first-order valence-corrected chi connectivity index (χ1v) is 11.0. The van der Waals surface area contributed by atoms with Gasteiger partial charge in [0.1, 0.15) is 23.8 Å². The zero-order valence-corrected chi connectivity index (χ0v) is 18.5. The summed E-state index contributed by atoms with van der Waals surface area (Å²) >= 11 is 0. The van der Waals surface area contributed by atoms with Gasteiger partial charge < -0.3 is 20.5 Å². The van der Waals surface area contributed by atoms with Crippen molar-refractivity contribution in [2.75, 3.05) is 26.7 Å². The van der Waals surface area contributed by atoms with Gasteiger partial charge in [-0.1, -0.05) is 26.8 Å². The van der Waals surface area contributed by atoms with Gasteiger partial charge in [-0.15, -0.1) is 0 Å². The predicted molar refractivity (Wildman–Crippen MR) is 115 cm³/mol. The van der Waals surface area contributed by atoms with Crippen molar-refractivity contribution in [3.8, 4) is 5.75 Å². The molecule has 1 aliphatic heterocycles. The average molecular weight is 422 g/mol. The number of hydrogen-bond acceptors (Lipinski definition) is 5. The van der Waals surface area contributed by atoms with E-state index >= 15 is 0 Å². The lowest BCUT2D eigenvalue weighted by atomic mass is 9.75. The lowest BCUT2D eigenvalue weighted by molar-refractivity contribution is -0.121. The molecule has 4 atom stereocenters. The zero-order chi connectivity index (χ0) is 21.9.